The van der Waals surface area contributed by atoms with E-state index >= 15 is 0 Å². The summed E-state index contributed by atoms with van der Waals surface area (Å²) in [5, 5.41) is 0. The lowest BCUT2D eigenvalue weighted by molar-refractivity contribution is 0.394. The number of rotatable bonds is 7. The second-order valence-electron chi connectivity index (χ2n) is 4.04. The minimum atomic E-state index is 0.831. The fourth-order valence-electron chi connectivity index (χ4n) is 1.66. The third kappa shape index (κ3) is 7.55. The second-order valence-corrected chi connectivity index (χ2v) is 4.04. The molecule has 0 amide bonds. The van der Waals surface area contributed by atoms with Gasteiger partial charge >= 0.3 is 0 Å². The summed E-state index contributed by atoms with van der Waals surface area (Å²) in [6.07, 6.45) is 9.29. The first-order valence-corrected chi connectivity index (χ1v) is 7.19. The Morgan fingerprint density at radius 1 is 0.947 bits per heavy atom. The van der Waals surface area contributed by atoms with Gasteiger partial charge in [0.15, 0.2) is 0 Å². The number of ether oxygens (including phenoxy) is 2. The van der Waals surface area contributed by atoms with Crippen LogP contribution in [0.4, 0.5) is 0 Å². The van der Waals surface area contributed by atoms with Crippen molar-refractivity contribution in [3.63, 3.8) is 0 Å². The zero-order valence-electron chi connectivity index (χ0n) is 13.0. The number of hydrogen-bond donors (Lipinski definition) is 0. The van der Waals surface area contributed by atoms with E-state index in [1.54, 1.807) is 14.2 Å². The van der Waals surface area contributed by atoms with E-state index in [2.05, 4.69) is 19.1 Å². The van der Waals surface area contributed by atoms with Crippen LogP contribution >= 0.6 is 0 Å². The van der Waals surface area contributed by atoms with Crippen molar-refractivity contribution >= 4 is 6.08 Å². The van der Waals surface area contributed by atoms with Gasteiger partial charge in [0.1, 0.15) is 11.5 Å². The predicted octanol–water partition coefficient (Wildman–Crippen LogP) is 5.32. The zero-order valence-corrected chi connectivity index (χ0v) is 13.0. The van der Waals surface area contributed by atoms with Crippen molar-refractivity contribution in [2.75, 3.05) is 14.2 Å². The Bertz CT molecular complexity index is 334. The van der Waals surface area contributed by atoms with Gasteiger partial charge in [-0.1, -0.05) is 45.8 Å². The van der Waals surface area contributed by atoms with Gasteiger partial charge in [0.25, 0.3) is 0 Å². The summed E-state index contributed by atoms with van der Waals surface area (Å²) in [4.78, 5) is 0. The summed E-state index contributed by atoms with van der Waals surface area (Å²) in [6, 6.07) is 5.91. The van der Waals surface area contributed by atoms with Crippen molar-refractivity contribution in [1.82, 2.24) is 0 Å². The van der Waals surface area contributed by atoms with E-state index in [0.717, 1.165) is 23.5 Å². The summed E-state index contributed by atoms with van der Waals surface area (Å²) in [6.45, 7) is 6.22. The van der Waals surface area contributed by atoms with Crippen LogP contribution < -0.4 is 9.47 Å². The molecule has 1 aromatic carbocycles. The average molecular weight is 264 g/mol. The van der Waals surface area contributed by atoms with Gasteiger partial charge in [0.05, 0.1) is 14.2 Å². The number of benzene rings is 1. The van der Waals surface area contributed by atoms with Gasteiger partial charge in [-0.15, -0.1) is 0 Å². The molecule has 0 heterocycles. The summed E-state index contributed by atoms with van der Waals surface area (Å²) in [5.74, 6) is 1.66. The van der Waals surface area contributed by atoms with Gasteiger partial charge < -0.3 is 9.47 Å². The molecule has 0 fully saturated rings. The Labute approximate surface area is 118 Å². The molecule has 0 aliphatic rings. The second kappa shape index (κ2) is 11.6. The SMILES string of the molecule is CC.CCCCC/C=C\c1cc(OC)cc(OC)c1. The minimum absolute atomic E-state index is 0.831. The molecule has 0 atom stereocenters. The molecule has 1 rings (SSSR count). The lowest BCUT2D eigenvalue weighted by Crippen LogP contribution is -1.88. The molecule has 0 bridgehead atoms. The van der Waals surface area contributed by atoms with E-state index < -0.39 is 0 Å². The maximum atomic E-state index is 5.23. The molecule has 2 heteroatoms. The zero-order chi connectivity index (χ0) is 14.5. The molecule has 0 saturated carbocycles. The molecule has 19 heavy (non-hydrogen) atoms. The van der Waals surface area contributed by atoms with E-state index in [1.807, 2.05) is 32.0 Å². The quantitative estimate of drug-likeness (QED) is 0.620. The molecule has 0 aromatic heterocycles. The average Bonchev–Trinajstić information content (AvgIpc) is 2.48. The summed E-state index contributed by atoms with van der Waals surface area (Å²) < 4.78 is 10.5. The van der Waals surface area contributed by atoms with Crippen LogP contribution in [0.25, 0.3) is 6.08 Å². The first kappa shape index (κ1) is 17.6. The van der Waals surface area contributed by atoms with Crippen LogP contribution in [0, 0.1) is 0 Å². The number of unbranched alkanes of at least 4 members (excludes halogenated alkanes) is 3. The van der Waals surface area contributed by atoms with E-state index in [4.69, 9.17) is 9.47 Å². The first-order valence-electron chi connectivity index (χ1n) is 7.19. The Morgan fingerprint density at radius 2 is 1.53 bits per heavy atom. The van der Waals surface area contributed by atoms with Gasteiger partial charge in [0, 0.05) is 6.07 Å². The number of allylic oxidation sites excluding steroid dienone is 1. The standard InChI is InChI=1S/C15H22O2.C2H6/c1-4-5-6-7-8-9-13-10-14(16-2)12-15(11-13)17-3;1-2/h8-12H,4-7H2,1-3H3;1-2H3/b9-8-;. The van der Waals surface area contributed by atoms with Gasteiger partial charge in [-0.25, -0.2) is 0 Å². The topological polar surface area (TPSA) is 18.5 Å². The van der Waals surface area contributed by atoms with Crippen molar-refractivity contribution in [3.05, 3.63) is 29.8 Å². The van der Waals surface area contributed by atoms with Crippen molar-refractivity contribution in [3.8, 4) is 11.5 Å². The largest absolute Gasteiger partial charge is 0.497 e. The molecule has 0 N–H and O–H groups in total. The lowest BCUT2D eigenvalue weighted by Gasteiger charge is -2.05. The fourth-order valence-corrected chi connectivity index (χ4v) is 1.66. The van der Waals surface area contributed by atoms with Gasteiger partial charge in [0.2, 0.25) is 0 Å². The predicted molar refractivity (Wildman–Crippen MR) is 84.1 cm³/mol. The third-order valence-corrected chi connectivity index (χ3v) is 2.66. The van der Waals surface area contributed by atoms with Crippen LogP contribution in [0.5, 0.6) is 11.5 Å². The third-order valence-electron chi connectivity index (χ3n) is 2.66. The first-order chi connectivity index (χ1) is 9.30. The molecular weight excluding hydrogens is 236 g/mol. The van der Waals surface area contributed by atoms with Crippen LogP contribution in [0.1, 0.15) is 52.0 Å². The van der Waals surface area contributed by atoms with Gasteiger partial charge in [-0.05, 0) is 30.5 Å². The minimum Gasteiger partial charge on any atom is -0.497 e. The van der Waals surface area contributed by atoms with Crippen molar-refractivity contribution in [1.29, 1.82) is 0 Å². The Hall–Kier alpha value is -1.44. The normalized spacial score (nSPS) is 9.95. The van der Waals surface area contributed by atoms with Gasteiger partial charge in [-0.2, -0.15) is 0 Å². The van der Waals surface area contributed by atoms with E-state index in [1.165, 1.54) is 19.3 Å². The molecule has 0 radical (unpaired) electrons. The maximum absolute atomic E-state index is 5.23. The number of methoxy groups -OCH3 is 2. The van der Waals surface area contributed by atoms with E-state index in [0.29, 0.717) is 0 Å². The Morgan fingerprint density at radius 3 is 2.00 bits per heavy atom. The van der Waals surface area contributed by atoms with Crippen LogP contribution in [-0.4, -0.2) is 14.2 Å². The molecule has 1 aromatic rings. The van der Waals surface area contributed by atoms with Crippen molar-refractivity contribution < 1.29 is 9.47 Å². The van der Waals surface area contributed by atoms with Crippen LogP contribution in [0.2, 0.25) is 0 Å². The molecule has 2 nitrogen and oxygen atoms in total. The van der Waals surface area contributed by atoms with Gasteiger partial charge in [-0.3, -0.25) is 0 Å². The highest BCUT2D eigenvalue weighted by molar-refractivity contribution is 5.55. The van der Waals surface area contributed by atoms with Crippen molar-refractivity contribution in [2.24, 2.45) is 0 Å². The summed E-state index contributed by atoms with van der Waals surface area (Å²) >= 11 is 0. The lowest BCUT2D eigenvalue weighted by atomic mass is 10.1. The van der Waals surface area contributed by atoms with Crippen LogP contribution in [-0.2, 0) is 0 Å². The summed E-state index contributed by atoms with van der Waals surface area (Å²) in [7, 11) is 3.34. The molecule has 0 saturated heterocycles. The number of hydrogen-bond acceptors (Lipinski definition) is 2. The molecule has 0 aliphatic carbocycles. The summed E-state index contributed by atoms with van der Waals surface area (Å²) in [5.41, 5.74) is 1.12. The highest BCUT2D eigenvalue weighted by Crippen LogP contribution is 2.23. The van der Waals surface area contributed by atoms with Crippen LogP contribution in [0.15, 0.2) is 24.3 Å². The molecule has 0 aliphatic heterocycles. The Balaban J connectivity index is 0.00000154. The van der Waals surface area contributed by atoms with E-state index in [9.17, 15) is 0 Å². The monoisotopic (exact) mass is 264 g/mol. The van der Waals surface area contributed by atoms with Crippen LogP contribution in [0.3, 0.4) is 0 Å². The van der Waals surface area contributed by atoms with Crippen molar-refractivity contribution in [2.45, 2.75) is 46.5 Å². The molecular formula is C17H28O2. The molecule has 0 spiro atoms. The maximum Gasteiger partial charge on any atom is 0.123 e. The van der Waals surface area contributed by atoms with E-state index in [-0.39, 0.29) is 0 Å². The molecule has 0 unspecified atom stereocenters. The highest BCUT2D eigenvalue weighted by atomic mass is 16.5. The smallest absolute Gasteiger partial charge is 0.123 e. The molecule has 108 valence electrons. The highest BCUT2D eigenvalue weighted by Gasteiger charge is 1.98. The fraction of sp³-hybridized carbons (Fsp3) is 0.529. The Kier molecular flexibility index (Phi) is 10.8.